The molecule has 1 aliphatic heterocycles. The van der Waals surface area contributed by atoms with E-state index in [0.29, 0.717) is 44.9 Å². The van der Waals surface area contributed by atoms with Crippen LogP contribution < -0.4 is 9.64 Å². The van der Waals surface area contributed by atoms with Gasteiger partial charge in [-0.2, -0.15) is 0 Å². The van der Waals surface area contributed by atoms with Gasteiger partial charge in [0.15, 0.2) is 0 Å². The molecule has 1 fully saturated rings. The van der Waals surface area contributed by atoms with E-state index in [0.717, 1.165) is 16.8 Å². The maximum Gasteiger partial charge on any atom is 0.324 e. The van der Waals surface area contributed by atoms with Crippen molar-refractivity contribution in [2.75, 3.05) is 45.4 Å². The van der Waals surface area contributed by atoms with Crippen LogP contribution in [0.25, 0.3) is 0 Å². The van der Waals surface area contributed by atoms with Crippen molar-refractivity contribution < 1.29 is 23.4 Å². The van der Waals surface area contributed by atoms with Crippen LogP contribution >= 0.6 is 0 Å². The minimum atomic E-state index is -0.567. The summed E-state index contributed by atoms with van der Waals surface area (Å²) < 4.78 is 31.5. The molecule has 0 N–H and O–H groups in total. The van der Waals surface area contributed by atoms with Crippen molar-refractivity contribution in [3.63, 3.8) is 0 Å². The normalized spacial score (nSPS) is 14.8. The highest BCUT2D eigenvalue weighted by Gasteiger charge is 2.35. The van der Waals surface area contributed by atoms with Crippen LogP contribution in [0, 0.1) is 5.82 Å². The van der Waals surface area contributed by atoms with Crippen LogP contribution in [0.15, 0.2) is 67.8 Å². The second-order valence-electron chi connectivity index (χ2n) is 8.27. The standard InChI is InChI=1S/C27H33FN2O4/c1-5-13-30(14-6-2)26(31)29(3)24-9-7-21(8-10-24)20-34-25-18-22(17-23(28)19-25)27(32-4)11-15-33-16-12-27/h5-10,17-19H,1-2,11-16,20H2,3-4H3. The van der Waals surface area contributed by atoms with E-state index in [4.69, 9.17) is 14.2 Å². The molecule has 1 aliphatic rings. The highest BCUT2D eigenvalue weighted by atomic mass is 19.1. The molecular formula is C27H33FN2O4. The van der Waals surface area contributed by atoms with Crippen molar-refractivity contribution in [2.45, 2.75) is 25.0 Å². The fourth-order valence-corrected chi connectivity index (χ4v) is 4.07. The van der Waals surface area contributed by atoms with Crippen LogP contribution in [-0.2, 0) is 21.7 Å². The van der Waals surface area contributed by atoms with E-state index in [2.05, 4.69) is 13.2 Å². The molecule has 0 radical (unpaired) electrons. The van der Waals surface area contributed by atoms with E-state index >= 15 is 0 Å². The molecule has 0 bridgehead atoms. The summed E-state index contributed by atoms with van der Waals surface area (Å²) in [6, 6.07) is 12.1. The molecule has 2 aromatic carbocycles. The molecule has 2 amide bonds. The maximum absolute atomic E-state index is 14.4. The number of urea groups is 1. The second kappa shape index (κ2) is 11.8. The zero-order valence-corrected chi connectivity index (χ0v) is 20.0. The van der Waals surface area contributed by atoms with Crippen molar-refractivity contribution in [2.24, 2.45) is 0 Å². The summed E-state index contributed by atoms with van der Waals surface area (Å²) in [7, 11) is 3.37. The third-order valence-corrected chi connectivity index (χ3v) is 6.07. The average Bonchev–Trinajstić information content (AvgIpc) is 2.87. The molecule has 1 heterocycles. The summed E-state index contributed by atoms with van der Waals surface area (Å²) >= 11 is 0. The smallest absolute Gasteiger partial charge is 0.324 e. The Labute approximate surface area is 201 Å². The molecule has 182 valence electrons. The monoisotopic (exact) mass is 468 g/mol. The van der Waals surface area contributed by atoms with Crippen molar-refractivity contribution in [3.8, 4) is 5.75 Å². The first-order valence-electron chi connectivity index (χ1n) is 11.3. The van der Waals surface area contributed by atoms with Gasteiger partial charge in [0.2, 0.25) is 0 Å². The number of carbonyl (C=O) groups excluding carboxylic acids is 1. The van der Waals surface area contributed by atoms with Crippen LogP contribution in [0.3, 0.4) is 0 Å². The predicted molar refractivity (Wildman–Crippen MR) is 132 cm³/mol. The number of carbonyl (C=O) groups is 1. The highest BCUT2D eigenvalue weighted by Crippen LogP contribution is 2.37. The number of benzene rings is 2. The predicted octanol–water partition coefficient (Wildman–Crippen LogP) is 5.29. The van der Waals surface area contributed by atoms with Gasteiger partial charge in [0.1, 0.15) is 18.2 Å². The number of hydrogen-bond donors (Lipinski definition) is 0. The third-order valence-electron chi connectivity index (χ3n) is 6.07. The SMILES string of the molecule is C=CCN(CC=C)C(=O)N(C)c1ccc(COc2cc(F)cc(C3(OC)CCOCC3)c2)cc1. The van der Waals surface area contributed by atoms with Crippen LogP contribution in [0.5, 0.6) is 5.75 Å². The van der Waals surface area contributed by atoms with E-state index in [1.807, 2.05) is 30.3 Å². The minimum absolute atomic E-state index is 0.142. The molecule has 0 saturated carbocycles. The molecule has 1 saturated heterocycles. The van der Waals surface area contributed by atoms with Crippen LogP contribution in [0.2, 0.25) is 0 Å². The second-order valence-corrected chi connectivity index (χ2v) is 8.27. The van der Waals surface area contributed by atoms with Gasteiger partial charge in [0.05, 0.1) is 5.60 Å². The number of ether oxygens (including phenoxy) is 3. The van der Waals surface area contributed by atoms with E-state index in [1.165, 1.54) is 12.1 Å². The van der Waals surface area contributed by atoms with Gasteiger partial charge in [0.25, 0.3) is 0 Å². The zero-order valence-electron chi connectivity index (χ0n) is 20.0. The van der Waals surface area contributed by atoms with Gasteiger partial charge in [-0.05, 0) is 35.4 Å². The number of amides is 2. The summed E-state index contributed by atoms with van der Waals surface area (Å²) in [6.07, 6.45) is 4.70. The van der Waals surface area contributed by atoms with Gasteiger partial charge in [-0.1, -0.05) is 24.3 Å². The van der Waals surface area contributed by atoms with Crippen molar-refractivity contribution in [1.29, 1.82) is 0 Å². The fourth-order valence-electron chi connectivity index (χ4n) is 4.07. The highest BCUT2D eigenvalue weighted by molar-refractivity contribution is 5.91. The summed E-state index contributed by atoms with van der Waals surface area (Å²) in [5.41, 5.74) is 1.84. The average molecular weight is 469 g/mol. The Morgan fingerprint density at radius 3 is 2.35 bits per heavy atom. The molecular weight excluding hydrogens is 435 g/mol. The van der Waals surface area contributed by atoms with E-state index in [-0.39, 0.29) is 18.5 Å². The first kappa shape index (κ1) is 25.5. The summed E-state index contributed by atoms with van der Waals surface area (Å²) in [5.74, 6) is 0.0771. The van der Waals surface area contributed by atoms with Crippen molar-refractivity contribution >= 4 is 11.7 Å². The number of methoxy groups -OCH3 is 1. The van der Waals surface area contributed by atoms with Crippen molar-refractivity contribution in [1.82, 2.24) is 4.90 Å². The van der Waals surface area contributed by atoms with Crippen LogP contribution in [0.1, 0.15) is 24.0 Å². The Kier molecular flexibility index (Phi) is 8.85. The van der Waals surface area contributed by atoms with Gasteiger partial charge in [-0.3, -0.25) is 4.90 Å². The quantitative estimate of drug-likeness (QED) is 0.445. The molecule has 7 heteroatoms. The lowest BCUT2D eigenvalue weighted by molar-refractivity contribution is -0.0950. The number of rotatable bonds is 10. The zero-order chi connectivity index (χ0) is 24.6. The Morgan fingerprint density at radius 1 is 1.12 bits per heavy atom. The minimum Gasteiger partial charge on any atom is -0.489 e. The summed E-state index contributed by atoms with van der Waals surface area (Å²) in [4.78, 5) is 16.0. The third kappa shape index (κ3) is 6.04. The molecule has 0 atom stereocenters. The molecule has 0 spiro atoms. The van der Waals surface area contributed by atoms with Crippen LogP contribution in [0.4, 0.5) is 14.9 Å². The lowest BCUT2D eigenvalue weighted by Crippen LogP contribution is -2.41. The fraction of sp³-hybridized carbons (Fsp3) is 0.370. The van der Waals surface area contributed by atoms with E-state index in [9.17, 15) is 9.18 Å². The Morgan fingerprint density at radius 2 is 1.76 bits per heavy atom. The summed E-state index contributed by atoms with van der Waals surface area (Å²) in [6.45, 7) is 9.70. The van der Waals surface area contributed by atoms with Gasteiger partial charge < -0.3 is 19.1 Å². The Balaban J connectivity index is 1.67. The van der Waals surface area contributed by atoms with E-state index in [1.54, 1.807) is 36.1 Å². The topological polar surface area (TPSA) is 51.2 Å². The first-order chi connectivity index (χ1) is 16.4. The van der Waals surface area contributed by atoms with Crippen LogP contribution in [-0.4, -0.2) is 51.4 Å². The molecule has 34 heavy (non-hydrogen) atoms. The van der Waals surface area contributed by atoms with Gasteiger partial charge in [0, 0.05) is 65.1 Å². The molecule has 2 aromatic rings. The van der Waals surface area contributed by atoms with Gasteiger partial charge in [-0.15, -0.1) is 13.2 Å². The largest absolute Gasteiger partial charge is 0.489 e. The molecule has 3 rings (SSSR count). The Bertz CT molecular complexity index is 977. The van der Waals surface area contributed by atoms with Gasteiger partial charge in [-0.25, -0.2) is 9.18 Å². The number of nitrogens with zero attached hydrogens (tertiary/aromatic N) is 2. The summed E-state index contributed by atoms with van der Waals surface area (Å²) in [5, 5.41) is 0. The number of anilines is 1. The Hall–Kier alpha value is -3.16. The number of hydrogen-bond acceptors (Lipinski definition) is 4. The van der Waals surface area contributed by atoms with Crippen molar-refractivity contribution in [3.05, 3.63) is 84.7 Å². The van der Waals surface area contributed by atoms with E-state index < -0.39 is 5.60 Å². The molecule has 0 aliphatic carbocycles. The lowest BCUT2D eigenvalue weighted by Gasteiger charge is -2.36. The lowest BCUT2D eigenvalue weighted by atomic mass is 9.86. The van der Waals surface area contributed by atoms with Gasteiger partial charge >= 0.3 is 6.03 Å². The molecule has 0 aromatic heterocycles. The maximum atomic E-state index is 14.4. The molecule has 0 unspecified atom stereocenters. The first-order valence-corrected chi connectivity index (χ1v) is 11.3. The molecule has 6 nitrogen and oxygen atoms in total. The number of halogens is 1.